The highest BCUT2D eigenvalue weighted by Gasteiger charge is 2.77. The second kappa shape index (κ2) is 13.5. The number of ether oxygens (including phenoxy) is 2. The number of esters is 1. The fraction of sp³-hybridized carbons (Fsp3) is 0.576. The second-order valence-corrected chi connectivity index (χ2v) is 14.0. The molecule has 44 heavy (non-hydrogen) atoms. The molecule has 3 saturated heterocycles. The standard InChI is InChI=1S/C33H44BrN3O7/c1-7-9-15-23(39)35-20(3)26(21-13-11-10-12-14-21)43-31(42)24-25-29(40)36(17-18-38)28(33(25)19-22(34)27(24)44-33)30(41)37(16-8-2)32(4,5)6/h7-8,10-14,20,22,24-28,38H,1-2,9,15-19H2,3-6H3,(H,35,39)/t20-,22?,24-,25+,26-,27-,28-,33+/m1/s1. The summed E-state index contributed by atoms with van der Waals surface area (Å²) >= 11 is 3.68. The minimum atomic E-state index is -1.29. The number of aliphatic hydroxyl groups excluding tert-OH is 1. The van der Waals surface area contributed by atoms with Crippen LogP contribution in [0.5, 0.6) is 0 Å². The summed E-state index contributed by atoms with van der Waals surface area (Å²) in [5, 5.41) is 12.8. The molecular formula is C33H44BrN3O7. The van der Waals surface area contributed by atoms with Crippen molar-refractivity contribution >= 4 is 39.6 Å². The molecule has 0 aliphatic carbocycles. The lowest BCUT2D eigenvalue weighted by atomic mass is 9.70. The van der Waals surface area contributed by atoms with Gasteiger partial charge in [-0.25, -0.2) is 0 Å². The number of carbonyl (C=O) groups is 4. The molecule has 2 bridgehead atoms. The number of aliphatic hydroxyl groups is 1. The van der Waals surface area contributed by atoms with Crippen LogP contribution >= 0.6 is 15.9 Å². The van der Waals surface area contributed by atoms with Crippen LogP contribution in [-0.4, -0.2) is 92.4 Å². The van der Waals surface area contributed by atoms with Crippen molar-refractivity contribution in [3.05, 3.63) is 61.2 Å². The van der Waals surface area contributed by atoms with Crippen LogP contribution < -0.4 is 5.32 Å². The molecule has 11 heteroatoms. The van der Waals surface area contributed by atoms with Gasteiger partial charge in [-0.1, -0.05) is 58.4 Å². The maximum Gasteiger partial charge on any atom is 0.313 e. The number of rotatable bonds is 13. The molecule has 3 heterocycles. The van der Waals surface area contributed by atoms with Gasteiger partial charge in [-0.3, -0.25) is 19.2 Å². The van der Waals surface area contributed by atoms with Crippen LogP contribution in [0.15, 0.2) is 55.6 Å². The number of likely N-dealkylation sites (tertiary alicyclic amines) is 1. The van der Waals surface area contributed by atoms with Gasteiger partial charge >= 0.3 is 5.97 Å². The van der Waals surface area contributed by atoms with Crippen LogP contribution in [0.4, 0.5) is 0 Å². The number of amides is 3. The Labute approximate surface area is 267 Å². The molecule has 0 saturated carbocycles. The van der Waals surface area contributed by atoms with Crippen molar-refractivity contribution in [2.75, 3.05) is 19.7 Å². The van der Waals surface area contributed by atoms with Gasteiger partial charge in [0.2, 0.25) is 17.7 Å². The lowest BCUT2D eigenvalue weighted by Gasteiger charge is -2.42. The zero-order chi connectivity index (χ0) is 32.4. The van der Waals surface area contributed by atoms with Crippen LogP contribution in [0, 0.1) is 11.8 Å². The smallest absolute Gasteiger partial charge is 0.313 e. The third kappa shape index (κ3) is 6.23. The highest BCUT2D eigenvalue weighted by Crippen LogP contribution is 2.60. The van der Waals surface area contributed by atoms with Crippen molar-refractivity contribution in [3.8, 4) is 0 Å². The normalized spacial score (nSPS) is 28.6. The first-order chi connectivity index (χ1) is 20.8. The largest absolute Gasteiger partial charge is 0.455 e. The van der Waals surface area contributed by atoms with Crippen LogP contribution in [0.1, 0.15) is 58.6 Å². The van der Waals surface area contributed by atoms with Crippen molar-refractivity contribution in [1.82, 2.24) is 15.1 Å². The molecule has 0 aromatic heterocycles. The Kier molecular flexibility index (Phi) is 10.4. The lowest BCUT2D eigenvalue weighted by Crippen LogP contribution is -2.60. The molecule has 0 radical (unpaired) electrons. The average molecular weight is 675 g/mol. The first-order valence-corrected chi connectivity index (χ1v) is 16.0. The number of nitrogens with zero attached hydrogens (tertiary/aromatic N) is 2. The number of alkyl halides is 1. The molecule has 3 amide bonds. The Morgan fingerprint density at radius 1 is 1.25 bits per heavy atom. The van der Waals surface area contributed by atoms with E-state index < -0.39 is 59.1 Å². The van der Waals surface area contributed by atoms with Gasteiger partial charge in [0.15, 0.2) is 0 Å². The highest BCUT2D eigenvalue weighted by atomic mass is 79.9. The number of benzene rings is 1. The first-order valence-electron chi connectivity index (χ1n) is 15.1. The van der Waals surface area contributed by atoms with Gasteiger partial charge in [-0.15, -0.1) is 13.2 Å². The summed E-state index contributed by atoms with van der Waals surface area (Å²) in [6.07, 6.45) is 2.84. The molecule has 4 rings (SSSR count). The van der Waals surface area contributed by atoms with Gasteiger partial charge in [0.05, 0.1) is 30.6 Å². The second-order valence-electron chi connectivity index (χ2n) is 12.8. The number of β-amino-alcohol motifs (C(OH)–C–C–N with tert-alkyl or cyclic N) is 1. The molecule has 1 unspecified atom stereocenters. The fourth-order valence-corrected chi connectivity index (χ4v) is 7.88. The lowest BCUT2D eigenvalue weighted by molar-refractivity contribution is -0.162. The van der Waals surface area contributed by atoms with Crippen LogP contribution in [-0.2, 0) is 28.7 Å². The Bertz CT molecular complexity index is 1270. The molecule has 8 atom stereocenters. The summed E-state index contributed by atoms with van der Waals surface area (Å²) in [5.41, 5.74) is -1.20. The van der Waals surface area contributed by atoms with Crippen molar-refractivity contribution in [2.24, 2.45) is 11.8 Å². The zero-order valence-corrected chi connectivity index (χ0v) is 27.5. The number of hydrogen-bond acceptors (Lipinski definition) is 7. The minimum absolute atomic E-state index is 0.0806. The van der Waals surface area contributed by atoms with Crippen LogP contribution in [0.25, 0.3) is 0 Å². The molecule has 1 aromatic rings. The monoisotopic (exact) mass is 673 g/mol. The first kappa shape index (κ1) is 33.9. The van der Waals surface area contributed by atoms with Gasteiger partial charge in [0.1, 0.15) is 17.7 Å². The van der Waals surface area contributed by atoms with E-state index in [0.717, 1.165) is 0 Å². The van der Waals surface area contributed by atoms with E-state index in [1.165, 1.54) is 4.90 Å². The molecule has 240 valence electrons. The van der Waals surface area contributed by atoms with Gasteiger partial charge < -0.3 is 29.7 Å². The maximum atomic E-state index is 14.3. The fourth-order valence-electron chi connectivity index (χ4n) is 6.94. The molecule has 3 aliphatic rings. The Hall–Kier alpha value is -3.02. The zero-order valence-electron chi connectivity index (χ0n) is 25.9. The Balaban J connectivity index is 1.69. The number of hydrogen-bond donors (Lipinski definition) is 2. The minimum Gasteiger partial charge on any atom is -0.455 e. The summed E-state index contributed by atoms with van der Waals surface area (Å²) in [6.45, 7) is 14.8. The summed E-state index contributed by atoms with van der Waals surface area (Å²) in [5.74, 6) is -3.57. The molecule has 3 fully saturated rings. The number of fused-ring (bicyclic) bond motifs is 1. The van der Waals surface area contributed by atoms with Crippen molar-refractivity contribution in [2.45, 2.75) is 87.2 Å². The molecule has 1 aromatic carbocycles. The van der Waals surface area contributed by atoms with E-state index in [-0.39, 0.29) is 42.8 Å². The maximum absolute atomic E-state index is 14.3. The number of allylic oxidation sites excluding steroid dienone is 1. The topological polar surface area (TPSA) is 125 Å². The van der Waals surface area contributed by atoms with Crippen molar-refractivity contribution in [1.29, 1.82) is 0 Å². The predicted molar refractivity (Wildman–Crippen MR) is 168 cm³/mol. The highest BCUT2D eigenvalue weighted by molar-refractivity contribution is 9.09. The third-order valence-corrected chi connectivity index (χ3v) is 9.66. The number of carbonyl (C=O) groups excluding carboxylic acids is 4. The summed E-state index contributed by atoms with van der Waals surface area (Å²) in [4.78, 5) is 57.8. The molecule has 2 N–H and O–H groups in total. The Morgan fingerprint density at radius 3 is 2.52 bits per heavy atom. The van der Waals surface area contributed by atoms with E-state index in [2.05, 4.69) is 34.4 Å². The molecular weight excluding hydrogens is 630 g/mol. The SMILES string of the molecule is C=CCCC(=O)N[C@H](C)[C@@H](OC(=O)[C@H]1[C@@H]2O[C@@]3(CC2Br)[C@@H]1C(=O)N(CCO)[C@@H]3C(=O)N(CC=C)C(C)(C)C)c1ccccc1. The quantitative estimate of drug-likeness (QED) is 0.187. The van der Waals surface area contributed by atoms with Crippen molar-refractivity contribution < 1.29 is 33.8 Å². The van der Waals surface area contributed by atoms with E-state index in [1.807, 2.05) is 51.1 Å². The number of halogens is 1. The van der Waals surface area contributed by atoms with E-state index >= 15 is 0 Å². The van der Waals surface area contributed by atoms with Crippen LogP contribution in [0.3, 0.4) is 0 Å². The predicted octanol–water partition coefficient (Wildman–Crippen LogP) is 3.30. The van der Waals surface area contributed by atoms with Gasteiger partial charge in [0.25, 0.3) is 0 Å². The van der Waals surface area contributed by atoms with E-state index in [1.54, 1.807) is 24.0 Å². The molecule has 1 spiro atoms. The summed E-state index contributed by atoms with van der Waals surface area (Å²) < 4.78 is 12.7. The van der Waals surface area contributed by atoms with Gasteiger partial charge in [0, 0.05) is 29.9 Å². The Morgan fingerprint density at radius 2 is 1.93 bits per heavy atom. The molecule has 3 aliphatic heterocycles. The molecule has 10 nitrogen and oxygen atoms in total. The summed E-state index contributed by atoms with van der Waals surface area (Å²) in [7, 11) is 0. The third-order valence-electron chi connectivity index (χ3n) is 8.81. The van der Waals surface area contributed by atoms with E-state index in [4.69, 9.17) is 9.47 Å². The van der Waals surface area contributed by atoms with Gasteiger partial charge in [-0.2, -0.15) is 0 Å². The van der Waals surface area contributed by atoms with E-state index in [0.29, 0.717) is 18.4 Å². The number of nitrogens with one attached hydrogen (secondary N) is 1. The average Bonchev–Trinajstić information content (AvgIpc) is 3.56. The van der Waals surface area contributed by atoms with E-state index in [9.17, 15) is 24.3 Å². The van der Waals surface area contributed by atoms with Gasteiger partial charge in [-0.05, 0) is 46.1 Å². The summed E-state index contributed by atoms with van der Waals surface area (Å²) in [6, 6.07) is 7.49. The van der Waals surface area contributed by atoms with Crippen molar-refractivity contribution in [3.63, 3.8) is 0 Å². The van der Waals surface area contributed by atoms with Crippen LogP contribution in [0.2, 0.25) is 0 Å².